The molecule has 0 saturated carbocycles. The van der Waals surface area contributed by atoms with Crippen molar-refractivity contribution < 1.29 is 5.11 Å². The summed E-state index contributed by atoms with van der Waals surface area (Å²) in [6, 6.07) is 4.03. The van der Waals surface area contributed by atoms with Crippen molar-refractivity contribution in [1.29, 1.82) is 0 Å². The topological polar surface area (TPSA) is 46.0 Å². The zero-order chi connectivity index (χ0) is 12.5. The normalized spacial score (nSPS) is 13.6. The van der Waals surface area contributed by atoms with E-state index in [0.29, 0.717) is 5.69 Å². The Labute approximate surface area is 105 Å². The quantitative estimate of drug-likeness (QED) is 0.888. The Balaban J connectivity index is 2.27. The van der Waals surface area contributed by atoms with E-state index in [1.807, 2.05) is 6.07 Å². The van der Waals surface area contributed by atoms with Crippen molar-refractivity contribution >= 4 is 11.3 Å². The van der Waals surface area contributed by atoms with E-state index in [1.165, 1.54) is 4.88 Å². The summed E-state index contributed by atoms with van der Waals surface area (Å²) in [5.41, 5.74) is 0.708. The van der Waals surface area contributed by atoms with E-state index in [-0.39, 0.29) is 5.41 Å². The van der Waals surface area contributed by atoms with Gasteiger partial charge < -0.3 is 5.11 Å². The molecule has 2 aromatic rings. The molecule has 2 aromatic heterocycles. The Morgan fingerprint density at radius 1 is 1.24 bits per heavy atom. The van der Waals surface area contributed by atoms with Gasteiger partial charge in [-0.15, -0.1) is 11.3 Å². The number of aromatic nitrogens is 2. The largest absolute Gasteiger partial charge is 0.381 e. The Morgan fingerprint density at radius 3 is 2.53 bits per heavy atom. The first-order chi connectivity index (χ1) is 7.98. The highest BCUT2D eigenvalue weighted by atomic mass is 32.1. The van der Waals surface area contributed by atoms with Crippen LogP contribution in [0.25, 0.3) is 0 Å². The SMILES string of the molecule is CC(C)(C)c1ccc(C(O)c2cnccn2)s1. The molecule has 2 rings (SSSR count). The van der Waals surface area contributed by atoms with Crippen LogP contribution in [0.1, 0.15) is 42.3 Å². The molecule has 3 nitrogen and oxygen atoms in total. The first-order valence-corrected chi connectivity index (χ1v) is 6.34. The standard InChI is InChI=1S/C13H16N2OS/c1-13(2,3)11-5-4-10(17-11)12(16)9-8-14-6-7-15-9/h4-8,12,16H,1-3H3. The van der Waals surface area contributed by atoms with Crippen LogP contribution in [0.4, 0.5) is 0 Å². The average molecular weight is 248 g/mol. The lowest BCUT2D eigenvalue weighted by molar-refractivity contribution is 0.218. The molecule has 1 unspecified atom stereocenters. The highest BCUT2D eigenvalue weighted by Crippen LogP contribution is 2.33. The first kappa shape index (κ1) is 12.2. The molecule has 90 valence electrons. The third-order valence-electron chi connectivity index (χ3n) is 2.50. The van der Waals surface area contributed by atoms with Gasteiger partial charge in [0.2, 0.25) is 0 Å². The Hall–Kier alpha value is -1.26. The highest BCUT2D eigenvalue weighted by Gasteiger charge is 2.20. The smallest absolute Gasteiger partial charge is 0.132 e. The number of aliphatic hydroxyl groups is 1. The van der Waals surface area contributed by atoms with Crippen LogP contribution in [-0.4, -0.2) is 15.1 Å². The third kappa shape index (κ3) is 2.70. The molecule has 1 N–H and O–H groups in total. The fourth-order valence-electron chi connectivity index (χ4n) is 1.50. The Morgan fingerprint density at radius 2 is 2.00 bits per heavy atom. The zero-order valence-corrected chi connectivity index (χ0v) is 11.0. The lowest BCUT2D eigenvalue weighted by atomic mass is 9.95. The van der Waals surface area contributed by atoms with Gasteiger partial charge in [0.25, 0.3) is 0 Å². The fraction of sp³-hybridized carbons (Fsp3) is 0.385. The lowest BCUT2D eigenvalue weighted by Crippen LogP contribution is -2.08. The van der Waals surface area contributed by atoms with Gasteiger partial charge in [-0.2, -0.15) is 0 Å². The van der Waals surface area contributed by atoms with Crippen molar-refractivity contribution in [2.45, 2.75) is 32.3 Å². The summed E-state index contributed by atoms with van der Waals surface area (Å²) in [5.74, 6) is 0. The van der Waals surface area contributed by atoms with Crippen LogP contribution in [-0.2, 0) is 5.41 Å². The van der Waals surface area contributed by atoms with Gasteiger partial charge in [0.15, 0.2) is 0 Å². The molecular formula is C13H16N2OS. The molecule has 0 aromatic carbocycles. The minimum Gasteiger partial charge on any atom is -0.381 e. The van der Waals surface area contributed by atoms with Crippen LogP contribution in [0.5, 0.6) is 0 Å². The van der Waals surface area contributed by atoms with Crippen LogP contribution in [0.15, 0.2) is 30.7 Å². The second-order valence-electron chi connectivity index (χ2n) is 4.98. The summed E-state index contributed by atoms with van der Waals surface area (Å²) in [5, 5.41) is 10.2. The number of hydrogen-bond acceptors (Lipinski definition) is 4. The van der Waals surface area contributed by atoms with Gasteiger partial charge in [0.1, 0.15) is 6.10 Å². The molecule has 0 saturated heterocycles. The van der Waals surface area contributed by atoms with Crippen LogP contribution in [0.2, 0.25) is 0 Å². The molecule has 0 aliphatic heterocycles. The Kier molecular flexibility index (Phi) is 3.26. The predicted octanol–water partition coefficient (Wildman–Crippen LogP) is 2.92. The molecule has 4 heteroatoms. The number of aliphatic hydroxyl groups excluding tert-OH is 1. The highest BCUT2D eigenvalue weighted by molar-refractivity contribution is 7.12. The molecule has 17 heavy (non-hydrogen) atoms. The van der Waals surface area contributed by atoms with Gasteiger partial charge in [0, 0.05) is 22.1 Å². The molecule has 0 radical (unpaired) electrons. The summed E-state index contributed by atoms with van der Waals surface area (Å²) in [7, 11) is 0. The van der Waals surface area contributed by atoms with Crippen LogP contribution >= 0.6 is 11.3 Å². The molecular weight excluding hydrogens is 232 g/mol. The van der Waals surface area contributed by atoms with Gasteiger partial charge in [-0.05, 0) is 17.5 Å². The van der Waals surface area contributed by atoms with E-state index in [1.54, 1.807) is 29.9 Å². The minimum atomic E-state index is -0.676. The summed E-state index contributed by atoms with van der Waals surface area (Å²) < 4.78 is 0. The second-order valence-corrected chi connectivity index (χ2v) is 6.10. The van der Waals surface area contributed by atoms with Gasteiger partial charge in [-0.3, -0.25) is 9.97 Å². The molecule has 0 aliphatic rings. The first-order valence-electron chi connectivity index (χ1n) is 5.52. The van der Waals surface area contributed by atoms with E-state index in [9.17, 15) is 5.11 Å². The molecule has 1 atom stereocenters. The van der Waals surface area contributed by atoms with Gasteiger partial charge in [0.05, 0.1) is 11.9 Å². The number of rotatable bonds is 2. The number of thiophene rings is 1. The van der Waals surface area contributed by atoms with Crippen molar-refractivity contribution in [3.05, 3.63) is 46.2 Å². The molecule has 0 bridgehead atoms. The average Bonchev–Trinajstić information content (AvgIpc) is 2.78. The van der Waals surface area contributed by atoms with Gasteiger partial charge in [-0.1, -0.05) is 20.8 Å². The monoisotopic (exact) mass is 248 g/mol. The van der Waals surface area contributed by atoms with Crippen molar-refractivity contribution in [3.8, 4) is 0 Å². The molecule has 0 spiro atoms. The fourth-order valence-corrected chi connectivity index (χ4v) is 2.57. The second kappa shape index (κ2) is 4.55. The van der Waals surface area contributed by atoms with E-state index in [4.69, 9.17) is 0 Å². The zero-order valence-electron chi connectivity index (χ0n) is 10.2. The summed E-state index contributed by atoms with van der Waals surface area (Å²) in [4.78, 5) is 10.3. The van der Waals surface area contributed by atoms with Crippen LogP contribution < -0.4 is 0 Å². The number of hydrogen-bond donors (Lipinski definition) is 1. The molecule has 0 fully saturated rings. The van der Waals surface area contributed by atoms with Crippen LogP contribution in [0.3, 0.4) is 0 Å². The number of nitrogens with zero attached hydrogens (tertiary/aromatic N) is 2. The van der Waals surface area contributed by atoms with E-state index in [0.717, 1.165) is 4.88 Å². The van der Waals surface area contributed by atoms with Gasteiger partial charge in [-0.25, -0.2) is 0 Å². The molecule has 2 heterocycles. The van der Waals surface area contributed by atoms with Crippen molar-refractivity contribution in [2.75, 3.05) is 0 Å². The van der Waals surface area contributed by atoms with Crippen molar-refractivity contribution in [2.24, 2.45) is 0 Å². The maximum atomic E-state index is 10.2. The maximum Gasteiger partial charge on any atom is 0.132 e. The Bertz CT molecular complexity index is 488. The lowest BCUT2D eigenvalue weighted by Gasteiger charge is -2.15. The van der Waals surface area contributed by atoms with E-state index >= 15 is 0 Å². The summed E-state index contributed by atoms with van der Waals surface area (Å²) >= 11 is 1.62. The molecule has 0 amide bonds. The minimum absolute atomic E-state index is 0.116. The van der Waals surface area contributed by atoms with Crippen molar-refractivity contribution in [3.63, 3.8) is 0 Å². The predicted molar refractivity (Wildman–Crippen MR) is 69.1 cm³/mol. The summed E-state index contributed by atoms with van der Waals surface area (Å²) in [6.45, 7) is 6.49. The van der Waals surface area contributed by atoms with Crippen LogP contribution in [0, 0.1) is 0 Å². The van der Waals surface area contributed by atoms with E-state index in [2.05, 4.69) is 36.8 Å². The van der Waals surface area contributed by atoms with Gasteiger partial charge >= 0.3 is 0 Å². The molecule has 0 aliphatic carbocycles. The third-order valence-corrected chi connectivity index (χ3v) is 4.06. The van der Waals surface area contributed by atoms with Crippen molar-refractivity contribution in [1.82, 2.24) is 9.97 Å². The van der Waals surface area contributed by atoms with E-state index < -0.39 is 6.10 Å². The summed E-state index contributed by atoms with van der Waals surface area (Å²) in [6.07, 6.45) is 4.12. The maximum absolute atomic E-state index is 10.2.